The molecule has 0 bridgehead atoms. The minimum Gasteiger partial charge on any atom is -0.481 e. The van der Waals surface area contributed by atoms with Crippen LogP contribution < -0.4 is 20.7 Å². The number of hydrogen-bond acceptors (Lipinski definition) is 7. The molecule has 1 aliphatic rings. The van der Waals surface area contributed by atoms with Crippen LogP contribution in [0.15, 0.2) is 67.0 Å². The highest BCUT2D eigenvalue weighted by Crippen LogP contribution is 2.42. The molecule has 6 rings (SSSR count). The molecule has 3 aromatic heterocycles. The molecular formula is C36H38Cl2N6O3. The van der Waals surface area contributed by atoms with E-state index in [1.165, 1.54) is 0 Å². The summed E-state index contributed by atoms with van der Waals surface area (Å²) in [5, 5.41) is 21.4. The molecule has 1 aliphatic heterocycles. The number of carbonyl (C=O) groups is 1. The molecule has 47 heavy (non-hydrogen) atoms. The average Bonchev–Trinajstić information content (AvgIpc) is 3.62. The van der Waals surface area contributed by atoms with Gasteiger partial charge >= 0.3 is 0 Å². The molecular weight excluding hydrogens is 635 g/mol. The zero-order valence-corrected chi connectivity index (χ0v) is 28.1. The molecule has 2 atom stereocenters. The van der Waals surface area contributed by atoms with Crippen molar-refractivity contribution in [2.24, 2.45) is 7.05 Å². The third kappa shape index (κ3) is 7.15. The van der Waals surface area contributed by atoms with Crippen LogP contribution in [0, 0.1) is 0 Å². The van der Waals surface area contributed by atoms with Gasteiger partial charge in [-0.3, -0.25) is 9.78 Å². The molecule has 1 fully saturated rings. The maximum Gasteiger partial charge on any atom is 0.220 e. The third-order valence-corrected chi connectivity index (χ3v) is 9.27. The first-order valence-electron chi connectivity index (χ1n) is 15.7. The predicted octanol–water partition coefficient (Wildman–Crippen LogP) is 6.12. The Morgan fingerprint density at radius 3 is 2.60 bits per heavy atom. The van der Waals surface area contributed by atoms with Crippen LogP contribution in [0.25, 0.3) is 44.5 Å². The molecule has 1 saturated heterocycles. The molecule has 0 radical (unpaired) electrons. The van der Waals surface area contributed by atoms with Crippen LogP contribution in [0.5, 0.6) is 5.88 Å². The van der Waals surface area contributed by atoms with E-state index >= 15 is 0 Å². The van der Waals surface area contributed by atoms with E-state index in [9.17, 15) is 9.90 Å². The Bertz CT molecular complexity index is 1930. The Kier molecular flexibility index (Phi) is 10.1. The van der Waals surface area contributed by atoms with Gasteiger partial charge in [-0.1, -0.05) is 59.6 Å². The predicted molar refractivity (Wildman–Crippen MR) is 188 cm³/mol. The van der Waals surface area contributed by atoms with Gasteiger partial charge in [0.25, 0.3) is 0 Å². The Morgan fingerprint density at radius 2 is 1.83 bits per heavy atom. The first-order valence-corrected chi connectivity index (χ1v) is 16.4. The second-order valence-corrected chi connectivity index (χ2v) is 12.7. The Labute approximate surface area is 284 Å². The lowest BCUT2D eigenvalue weighted by molar-refractivity contribution is -0.119. The minimum absolute atomic E-state index is 0.102. The van der Waals surface area contributed by atoms with E-state index in [1.807, 2.05) is 49.5 Å². The van der Waals surface area contributed by atoms with Crippen LogP contribution in [0.4, 0.5) is 0 Å². The molecule has 244 valence electrons. The van der Waals surface area contributed by atoms with Gasteiger partial charge in [0.05, 0.1) is 34.6 Å². The van der Waals surface area contributed by atoms with Crippen LogP contribution in [0.1, 0.15) is 30.9 Å². The van der Waals surface area contributed by atoms with Gasteiger partial charge in [0.15, 0.2) is 0 Å². The molecule has 9 nitrogen and oxygen atoms in total. The van der Waals surface area contributed by atoms with Gasteiger partial charge in [0.1, 0.15) is 0 Å². The number of rotatable bonds is 12. The van der Waals surface area contributed by atoms with E-state index in [0.29, 0.717) is 59.9 Å². The summed E-state index contributed by atoms with van der Waals surface area (Å²) in [5.74, 6) is 0.611. The topological polar surface area (TPSA) is 113 Å². The number of benzene rings is 2. The van der Waals surface area contributed by atoms with E-state index in [2.05, 4.69) is 43.8 Å². The van der Waals surface area contributed by atoms with Crippen LogP contribution in [0.3, 0.4) is 0 Å². The van der Waals surface area contributed by atoms with Crippen molar-refractivity contribution in [3.8, 4) is 39.5 Å². The second kappa shape index (κ2) is 14.4. The molecule has 0 spiro atoms. The van der Waals surface area contributed by atoms with Crippen molar-refractivity contribution < 1.29 is 14.6 Å². The average molecular weight is 674 g/mol. The number of halogens is 2. The summed E-state index contributed by atoms with van der Waals surface area (Å²) in [6.45, 7) is 4.19. The van der Waals surface area contributed by atoms with Gasteiger partial charge < -0.3 is 30.4 Å². The van der Waals surface area contributed by atoms with Crippen LogP contribution in [-0.4, -0.2) is 57.9 Å². The fourth-order valence-corrected chi connectivity index (χ4v) is 6.75. The fraction of sp³-hybridized carbons (Fsp3) is 0.306. The summed E-state index contributed by atoms with van der Waals surface area (Å²) < 4.78 is 7.74. The van der Waals surface area contributed by atoms with E-state index in [1.54, 1.807) is 20.2 Å². The maximum atomic E-state index is 11.5. The van der Waals surface area contributed by atoms with Crippen molar-refractivity contribution in [2.75, 3.05) is 20.2 Å². The molecule has 2 aromatic carbocycles. The monoisotopic (exact) mass is 672 g/mol. The van der Waals surface area contributed by atoms with Crippen molar-refractivity contribution in [1.29, 1.82) is 0 Å². The van der Waals surface area contributed by atoms with E-state index in [-0.39, 0.29) is 11.9 Å². The Morgan fingerprint density at radius 1 is 1.04 bits per heavy atom. The number of aromatic nitrogens is 3. The smallest absolute Gasteiger partial charge is 0.220 e. The minimum atomic E-state index is -0.405. The number of methoxy groups -OCH3 is 1. The normalized spacial score (nSPS) is 15.3. The Balaban J connectivity index is 1.26. The summed E-state index contributed by atoms with van der Waals surface area (Å²) in [5.41, 5.74) is 7.66. The van der Waals surface area contributed by atoms with Gasteiger partial charge in [0.2, 0.25) is 11.8 Å². The lowest BCUT2D eigenvalue weighted by Gasteiger charge is -2.15. The molecule has 0 saturated carbocycles. The summed E-state index contributed by atoms with van der Waals surface area (Å²) >= 11 is 14.2. The largest absolute Gasteiger partial charge is 0.481 e. The number of aliphatic hydroxyl groups is 1. The quantitative estimate of drug-likeness (QED) is 0.126. The molecule has 4 heterocycles. The fourth-order valence-electron chi connectivity index (χ4n) is 6.10. The molecule has 1 amide bonds. The summed E-state index contributed by atoms with van der Waals surface area (Å²) in [7, 11) is 3.62. The number of aryl methyl sites for hydroxylation is 1. The van der Waals surface area contributed by atoms with Gasteiger partial charge in [-0.05, 0) is 37.1 Å². The van der Waals surface area contributed by atoms with E-state index in [0.717, 1.165) is 50.7 Å². The van der Waals surface area contributed by atoms with E-state index < -0.39 is 6.10 Å². The van der Waals surface area contributed by atoms with Gasteiger partial charge in [0, 0.05) is 96.8 Å². The number of amides is 1. The lowest BCUT2D eigenvalue weighted by Crippen LogP contribution is -2.35. The SMILES string of the molecule is COc1nc(-c2cccc(-c3ccnc(-c4ccc5c(CNC[C@H](C)O)cn(C)c5c4)c3Cl)c2Cl)ccc1CNC[C@@H]1CCC(=O)N1. The molecule has 0 aliphatic carbocycles. The van der Waals surface area contributed by atoms with Crippen molar-refractivity contribution in [1.82, 2.24) is 30.5 Å². The molecule has 5 aromatic rings. The lowest BCUT2D eigenvalue weighted by atomic mass is 9.99. The third-order valence-electron chi connectivity index (χ3n) is 8.48. The number of hydrogen-bond donors (Lipinski definition) is 4. The number of carbonyl (C=O) groups excluding carboxylic acids is 1. The highest BCUT2D eigenvalue weighted by atomic mass is 35.5. The highest BCUT2D eigenvalue weighted by Gasteiger charge is 2.21. The maximum absolute atomic E-state index is 11.5. The van der Waals surface area contributed by atoms with Crippen LogP contribution in [0.2, 0.25) is 10.0 Å². The van der Waals surface area contributed by atoms with Gasteiger partial charge in [-0.2, -0.15) is 0 Å². The van der Waals surface area contributed by atoms with Crippen LogP contribution >= 0.6 is 23.2 Å². The van der Waals surface area contributed by atoms with Crippen molar-refractivity contribution in [3.63, 3.8) is 0 Å². The van der Waals surface area contributed by atoms with Gasteiger partial charge in [-0.15, -0.1) is 0 Å². The number of fused-ring (bicyclic) bond motifs is 1. The zero-order chi connectivity index (χ0) is 33.1. The first-order chi connectivity index (χ1) is 22.7. The summed E-state index contributed by atoms with van der Waals surface area (Å²) in [6, 6.07) is 18.0. The number of nitrogens with zero attached hydrogens (tertiary/aromatic N) is 3. The van der Waals surface area contributed by atoms with E-state index in [4.69, 9.17) is 32.9 Å². The van der Waals surface area contributed by atoms with Crippen LogP contribution in [-0.2, 0) is 24.9 Å². The number of nitrogens with one attached hydrogen (secondary N) is 3. The highest BCUT2D eigenvalue weighted by molar-refractivity contribution is 6.39. The summed E-state index contributed by atoms with van der Waals surface area (Å²) in [4.78, 5) is 21.0. The van der Waals surface area contributed by atoms with Crippen molar-refractivity contribution >= 4 is 40.0 Å². The standard InChI is InChI=1S/C36H38Cl2N6O3/c1-21(45)16-39-18-24-20-44(2)31-15-22(7-10-26(24)31)35-34(38)28(13-14-41-35)27-5-4-6-29(33(27)37)30-11-8-23(36(43-30)47-3)17-40-19-25-9-12-32(46)42-25/h4-8,10-11,13-15,20-21,25,39-40,45H,9,12,16-19H2,1-3H3,(H,42,46)/t21-,25-/m0/s1. The molecule has 4 N–H and O–H groups in total. The number of pyridine rings is 2. The van der Waals surface area contributed by atoms with Gasteiger partial charge in [-0.25, -0.2) is 4.98 Å². The molecule has 0 unspecified atom stereocenters. The van der Waals surface area contributed by atoms with Crippen molar-refractivity contribution in [3.05, 3.63) is 88.2 Å². The molecule has 11 heteroatoms. The second-order valence-electron chi connectivity index (χ2n) is 12.0. The number of ether oxygens (including phenoxy) is 1. The zero-order valence-electron chi connectivity index (χ0n) is 26.6. The van der Waals surface area contributed by atoms with Crippen molar-refractivity contribution in [2.45, 2.75) is 45.0 Å². The number of aliphatic hydroxyl groups excluding tert-OH is 1. The summed E-state index contributed by atoms with van der Waals surface area (Å²) in [6.07, 6.45) is 4.86. The Hall–Kier alpha value is -3.99. The first kappa shape index (κ1) is 32.9.